The first kappa shape index (κ1) is 14.9. The molecule has 2 heterocycles. The maximum absolute atomic E-state index is 12.8. The molecule has 1 aromatic carbocycles. The Morgan fingerprint density at radius 2 is 2.00 bits per heavy atom. The van der Waals surface area contributed by atoms with E-state index in [1.54, 1.807) is 17.7 Å². The number of hydrogen-bond donors (Lipinski definition) is 0. The molecule has 2 fully saturated rings. The predicted octanol–water partition coefficient (Wildman–Crippen LogP) is 2.66. The second-order valence-corrected chi connectivity index (χ2v) is 7.54. The normalized spacial score (nSPS) is 22.5. The van der Waals surface area contributed by atoms with E-state index in [1.165, 1.54) is 13.3 Å². The number of Topliss-reactive ketones (excluding diaryl/α,β-unsaturated/α-hetero) is 1. The molecule has 0 spiro atoms. The fourth-order valence-electron chi connectivity index (χ4n) is 3.68. The minimum absolute atomic E-state index is 0.0171. The van der Waals surface area contributed by atoms with Gasteiger partial charge in [0, 0.05) is 30.2 Å². The molecule has 0 bridgehead atoms. The van der Waals surface area contributed by atoms with Gasteiger partial charge in [0.2, 0.25) is 5.95 Å². The molecule has 5 nitrogen and oxygen atoms in total. The smallest absolute Gasteiger partial charge is 0.263 e. The summed E-state index contributed by atoms with van der Waals surface area (Å²) in [5, 5.41) is 0.545. The molecule has 2 aliphatic rings. The molecule has 0 amide bonds. The van der Waals surface area contributed by atoms with E-state index < -0.39 is 0 Å². The molecular weight excluding hydrogens is 358 g/mol. The van der Waals surface area contributed by atoms with E-state index >= 15 is 0 Å². The van der Waals surface area contributed by atoms with E-state index in [4.69, 9.17) is 4.98 Å². The van der Waals surface area contributed by atoms with Gasteiger partial charge in [-0.05, 0) is 59.7 Å². The number of carbonyl (C=O) groups excluding carboxylic acids is 1. The molecule has 0 N–H and O–H groups in total. The van der Waals surface area contributed by atoms with Crippen molar-refractivity contribution in [2.45, 2.75) is 20.3 Å². The number of carbonyl (C=O) groups is 1. The Labute approximate surface area is 142 Å². The number of hydrogen-bond acceptors (Lipinski definition) is 4. The van der Waals surface area contributed by atoms with E-state index in [1.807, 2.05) is 6.92 Å². The van der Waals surface area contributed by atoms with E-state index in [0.29, 0.717) is 26.9 Å². The highest BCUT2D eigenvalue weighted by atomic mass is 79.9. The Morgan fingerprint density at radius 3 is 2.61 bits per heavy atom. The van der Waals surface area contributed by atoms with Crippen LogP contribution in [0.2, 0.25) is 0 Å². The molecule has 120 valence electrons. The van der Waals surface area contributed by atoms with Crippen molar-refractivity contribution in [1.82, 2.24) is 9.55 Å². The van der Waals surface area contributed by atoms with Crippen molar-refractivity contribution in [2.24, 2.45) is 18.9 Å². The summed E-state index contributed by atoms with van der Waals surface area (Å²) in [4.78, 5) is 31.6. The van der Waals surface area contributed by atoms with Crippen LogP contribution in [0.5, 0.6) is 0 Å². The van der Waals surface area contributed by atoms with Crippen LogP contribution in [0.25, 0.3) is 10.9 Å². The SMILES string of the molecule is CC(=O)c1cc2nc(N3CC4CC4C3)n(C)c(=O)c2c(Br)c1C. The molecule has 2 unspecified atom stereocenters. The molecule has 6 heteroatoms. The predicted molar refractivity (Wildman–Crippen MR) is 93.2 cm³/mol. The van der Waals surface area contributed by atoms with Gasteiger partial charge in [0.25, 0.3) is 5.56 Å². The number of anilines is 1. The quantitative estimate of drug-likeness (QED) is 0.757. The van der Waals surface area contributed by atoms with Crippen LogP contribution < -0.4 is 10.5 Å². The molecule has 1 saturated carbocycles. The minimum atomic E-state index is -0.0735. The summed E-state index contributed by atoms with van der Waals surface area (Å²) in [5.41, 5.74) is 1.92. The second kappa shape index (κ2) is 4.90. The van der Waals surface area contributed by atoms with Crippen LogP contribution in [-0.2, 0) is 7.05 Å². The fraction of sp³-hybridized carbons (Fsp3) is 0.471. The van der Waals surface area contributed by atoms with Gasteiger partial charge in [0.05, 0.1) is 10.9 Å². The van der Waals surface area contributed by atoms with E-state index in [-0.39, 0.29) is 11.3 Å². The number of halogens is 1. The van der Waals surface area contributed by atoms with Crippen LogP contribution in [0.1, 0.15) is 29.3 Å². The molecule has 1 saturated heterocycles. The van der Waals surface area contributed by atoms with Gasteiger partial charge in [0.1, 0.15) is 0 Å². The van der Waals surface area contributed by atoms with Crippen molar-refractivity contribution in [3.63, 3.8) is 0 Å². The van der Waals surface area contributed by atoms with Gasteiger partial charge >= 0.3 is 0 Å². The standard InChI is InChI=1S/C17H18BrN3O2/c1-8-12(9(2)22)5-13-14(15(8)18)16(23)20(3)17(19-13)21-6-10-4-11(10)7-21/h5,10-11H,4,6-7H2,1-3H3. The van der Waals surface area contributed by atoms with Crippen molar-refractivity contribution in [1.29, 1.82) is 0 Å². The van der Waals surface area contributed by atoms with Gasteiger partial charge in [-0.15, -0.1) is 0 Å². The number of piperidine rings is 1. The first-order valence-electron chi connectivity index (χ1n) is 7.84. The topological polar surface area (TPSA) is 55.2 Å². The maximum Gasteiger partial charge on any atom is 0.263 e. The minimum Gasteiger partial charge on any atom is -0.342 e. The zero-order valence-corrected chi connectivity index (χ0v) is 15.0. The summed E-state index contributed by atoms with van der Waals surface area (Å²) in [5.74, 6) is 2.22. The maximum atomic E-state index is 12.8. The lowest BCUT2D eigenvalue weighted by Gasteiger charge is -2.22. The second-order valence-electron chi connectivity index (χ2n) is 6.75. The summed E-state index contributed by atoms with van der Waals surface area (Å²) >= 11 is 3.49. The Bertz CT molecular complexity index is 908. The van der Waals surface area contributed by atoms with E-state index in [2.05, 4.69) is 20.8 Å². The van der Waals surface area contributed by atoms with E-state index in [0.717, 1.165) is 30.5 Å². The van der Waals surface area contributed by atoms with Gasteiger partial charge in [-0.25, -0.2) is 4.98 Å². The third kappa shape index (κ3) is 2.15. The summed E-state index contributed by atoms with van der Waals surface area (Å²) in [6, 6.07) is 1.75. The van der Waals surface area contributed by atoms with Gasteiger partial charge in [0.15, 0.2) is 5.78 Å². The van der Waals surface area contributed by atoms with Crippen LogP contribution in [0.15, 0.2) is 15.3 Å². The lowest BCUT2D eigenvalue weighted by atomic mass is 10.0. The third-order valence-corrected chi connectivity index (χ3v) is 6.16. The molecule has 0 radical (unpaired) electrons. The molecule has 1 aliphatic heterocycles. The number of fused-ring (bicyclic) bond motifs is 2. The van der Waals surface area contributed by atoms with Gasteiger partial charge in [-0.3, -0.25) is 14.2 Å². The molecule has 4 rings (SSSR count). The van der Waals surface area contributed by atoms with Crippen LogP contribution >= 0.6 is 15.9 Å². The lowest BCUT2D eigenvalue weighted by molar-refractivity contribution is 0.101. The number of ketones is 1. The Hall–Kier alpha value is -1.69. The first-order valence-corrected chi connectivity index (χ1v) is 8.63. The molecule has 2 aromatic rings. The van der Waals surface area contributed by atoms with Crippen molar-refractivity contribution in [3.8, 4) is 0 Å². The van der Waals surface area contributed by atoms with Crippen molar-refractivity contribution in [2.75, 3.05) is 18.0 Å². The molecule has 1 aliphatic carbocycles. The van der Waals surface area contributed by atoms with E-state index in [9.17, 15) is 9.59 Å². The van der Waals surface area contributed by atoms with Crippen LogP contribution in [0, 0.1) is 18.8 Å². The average molecular weight is 376 g/mol. The molecule has 23 heavy (non-hydrogen) atoms. The monoisotopic (exact) mass is 375 g/mol. The summed E-state index contributed by atoms with van der Waals surface area (Å²) in [6.45, 7) is 5.34. The molecule has 2 atom stereocenters. The Morgan fingerprint density at radius 1 is 1.35 bits per heavy atom. The number of nitrogens with zero attached hydrogens (tertiary/aromatic N) is 3. The fourth-order valence-corrected chi connectivity index (χ4v) is 4.26. The zero-order valence-electron chi connectivity index (χ0n) is 13.4. The lowest BCUT2D eigenvalue weighted by Crippen LogP contribution is -2.31. The first-order chi connectivity index (χ1) is 10.9. The van der Waals surface area contributed by atoms with Gasteiger partial charge in [-0.1, -0.05) is 0 Å². The summed E-state index contributed by atoms with van der Waals surface area (Å²) in [6.07, 6.45) is 1.30. The van der Waals surface area contributed by atoms with Gasteiger partial charge < -0.3 is 4.90 Å². The molecule has 1 aromatic heterocycles. The number of aromatic nitrogens is 2. The third-order valence-electron chi connectivity index (χ3n) is 5.17. The Balaban J connectivity index is 1.97. The van der Waals surface area contributed by atoms with Crippen LogP contribution in [0.4, 0.5) is 5.95 Å². The highest BCUT2D eigenvalue weighted by molar-refractivity contribution is 9.10. The van der Waals surface area contributed by atoms with Crippen molar-refractivity contribution < 1.29 is 4.79 Å². The van der Waals surface area contributed by atoms with Crippen molar-refractivity contribution in [3.05, 3.63) is 32.0 Å². The largest absolute Gasteiger partial charge is 0.342 e. The van der Waals surface area contributed by atoms with Gasteiger partial charge in [-0.2, -0.15) is 0 Å². The summed E-state index contributed by atoms with van der Waals surface area (Å²) in [7, 11) is 1.77. The highest BCUT2D eigenvalue weighted by Gasteiger charge is 2.46. The van der Waals surface area contributed by atoms with Crippen LogP contribution in [0.3, 0.4) is 0 Å². The number of benzene rings is 1. The average Bonchev–Trinajstić information content (AvgIpc) is 3.11. The number of rotatable bonds is 2. The highest BCUT2D eigenvalue weighted by Crippen LogP contribution is 2.45. The zero-order chi connectivity index (χ0) is 16.5. The molecular formula is C17H18BrN3O2. The van der Waals surface area contributed by atoms with Crippen molar-refractivity contribution >= 4 is 38.6 Å². The Kier molecular flexibility index (Phi) is 3.17. The van der Waals surface area contributed by atoms with Crippen LogP contribution in [-0.4, -0.2) is 28.4 Å². The summed E-state index contributed by atoms with van der Waals surface area (Å²) < 4.78 is 2.30.